The van der Waals surface area contributed by atoms with Crippen molar-refractivity contribution in [1.29, 1.82) is 0 Å². The molecule has 132 valence electrons. The van der Waals surface area contributed by atoms with Gasteiger partial charge < -0.3 is 14.8 Å². The first kappa shape index (κ1) is 19.0. The lowest BCUT2D eigenvalue weighted by molar-refractivity contribution is 0.269. The molecule has 0 saturated heterocycles. The number of nitrogens with zero attached hydrogens (tertiary/aromatic N) is 1. The van der Waals surface area contributed by atoms with E-state index in [2.05, 4.69) is 15.8 Å². The van der Waals surface area contributed by atoms with Gasteiger partial charge in [0.05, 0.1) is 12.8 Å². The van der Waals surface area contributed by atoms with Crippen molar-refractivity contribution in [2.24, 2.45) is 5.10 Å². The molecule has 0 aromatic heterocycles. The molecule has 2 aromatic carbocycles. The number of halogens is 1. The second-order valence-electron chi connectivity index (χ2n) is 5.01. The van der Waals surface area contributed by atoms with E-state index in [0.29, 0.717) is 34.8 Å². The van der Waals surface area contributed by atoms with Gasteiger partial charge in [0.15, 0.2) is 16.6 Å². The van der Waals surface area contributed by atoms with Crippen LogP contribution >= 0.6 is 23.8 Å². The summed E-state index contributed by atoms with van der Waals surface area (Å²) in [7, 11) is 1.73. The van der Waals surface area contributed by atoms with E-state index in [1.165, 1.54) is 0 Å². The second kappa shape index (κ2) is 9.86. The minimum atomic E-state index is 0.409. The first-order chi connectivity index (χ1) is 12.1. The van der Waals surface area contributed by atoms with Crippen LogP contribution in [0.5, 0.6) is 11.5 Å². The summed E-state index contributed by atoms with van der Waals surface area (Å²) in [5.74, 6) is 1.32. The molecule has 0 aliphatic heterocycles. The fraction of sp³-hybridized carbons (Fsp3) is 0.222. The molecule has 0 amide bonds. The molecule has 0 radical (unpaired) electrons. The van der Waals surface area contributed by atoms with Crippen LogP contribution in [0.3, 0.4) is 0 Å². The summed E-state index contributed by atoms with van der Waals surface area (Å²) >= 11 is 11.0. The largest absolute Gasteiger partial charge is 0.490 e. The topological polar surface area (TPSA) is 54.9 Å². The highest BCUT2D eigenvalue weighted by atomic mass is 35.5. The maximum absolute atomic E-state index is 6.00. The molecule has 0 aliphatic carbocycles. The zero-order valence-electron chi connectivity index (χ0n) is 14.1. The summed E-state index contributed by atoms with van der Waals surface area (Å²) in [6.45, 7) is 2.87. The first-order valence-electron chi connectivity index (χ1n) is 7.77. The van der Waals surface area contributed by atoms with Crippen LogP contribution in [-0.4, -0.2) is 25.0 Å². The summed E-state index contributed by atoms with van der Waals surface area (Å²) in [4.78, 5) is 0. The van der Waals surface area contributed by atoms with Crippen LogP contribution in [0, 0.1) is 0 Å². The van der Waals surface area contributed by atoms with Crippen molar-refractivity contribution in [1.82, 2.24) is 10.7 Å². The van der Waals surface area contributed by atoms with Gasteiger partial charge in [-0.05, 0) is 60.6 Å². The van der Waals surface area contributed by atoms with E-state index in [1.54, 1.807) is 13.3 Å². The molecule has 2 N–H and O–H groups in total. The molecule has 2 aromatic rings. The third kappa shape index (κ3) is 6.25. The van der Waals surface area contributed by atoms with E-state index >= 15 is 0 Å². The van der Waals surface area contributed by atoms with Gasteiger partial charge in [0.1, 0.15) is 6.61 Å². The van der Waals surface area contributed by atoms with Gasteiger partial charge in [-0.15, -0.1) is 0 Å². The van der Waals surface area contributed by atoms with Gasteiger partial charge >= 0.3 is 0 Å². The Morgan fingerprint density at radius 1 is 1.20 bits per heavy atom. The molecular formula is C18H20ClN3O2S. The van der Waals surface area contributed by atoms with Crippen LogP contribution in [0.2, 0.25) is 5.02 Å². The molecule has 0 heterocycles. The zero-order valence-corrected chi connectivity index (χ0v) is 15.7. The van der Waals surface area contributed by atoms with Gasteiger partial charge in [0, 0.05) is 12.1 Å². The van der Waals surface area contributed by atoms with Gasteiger partial charge in [0.2, 0.25) is 0 Å². The standard InChI is InChI=1S/C18H20ClN3O2S/c1-3-23-17-10-13(11-21-22-18(25)20-2)7-8-16(17)24-12-14-5-4-6-15(19)9-14/h4-11H,3,12H2,1-2H3,(H2,20,22,25). The Morgan fingerprint density at radius 3 is 2.76 bits per heavy atom. The Labute approximate surface area is 158 Å². The molecule has 0 unspecified atom stereocenters. The lowest BCUT2D eigenvalue weighted by atomic mass is 10.2. The molecule has 25 heavy (non-hydrogen) atoms. The predicted octanol–water partition coefficient (Wildman–Crippen LogP) is 3.75. The fourth-order valence-electron chi connectivity index (χ4n) is 2.00. The third-order valence-corrected chi connectivity index (χ3v) is 3.69. The molecule has 0 saturated carbocycles. The Bertz CT molecular complexity index is 753. The highest BCUT2D eigenvalue weighted by Crippen LogP contribution is 2.29. The summed E-state index contributed by atoms with van der Waals surface area (Å²) in [6, 6.07) is 13.2. The first-order valence-corrected chi connectivity index (χ1v) is 8.56. The minimum absolute atomic E-state index is 0.409. The van der Waals surface area contributed by atoms with Crippen LogP contribution in [0.1, 0.15) is 18.1 Å². The number of ether oxygens (including phenoxy) is 2. The van der Waals surface area contributed by atoms with Crippen molar-refractivity contribution in [3.63, 3.8) is 0 Å². The quantitative estimate of drug-likeness (QED) is 0.437. The SMILES string of the molecule is CCOc1cc(C=NNC(=S)NC)ccc1OCc1cccc(Cl)c1. The molecular weight excluding hydrogens is 358 g/mol. The Kier molecular flexibility index (Phi) is 7.50. The predicted molar refractivity (Wildman–Crippen MR) is 106 cm³/mol. The van der Waals surface area contributed by atoms with Gasteiger partial charge in [0.25, 0.3) is 0 Å². The van der Waals surface area contributed by atoms with Gasteiger partial charge in [-0.2, -0.15) is 5.10 Å². The van der Waals surface area contributed by atoms with Crippen LogP contribution in [0.4, 0.5) is 0 Å². The summed E-state index contributed by atoms with van der Waals surface area (Å²) < 4.78 is 11.5. The molecule has 5 nitrogen and oxygen atoms in total. The van der Waals surface area contributed by atoms with E-state index < -0.39 is 0 Å². The smallest absolute Gasteiger partial charge is 0.186 e. The van der Waals surface area contributed by atoms with E-state index in [4.69, 9.17) is 33.3 Å². The van der Waals surface area contributed by atoms with Crippen molar-refractivity contribution in [2.45, 2.75) is 13.5 Å². The average Bonchev–Trinajstić information content (AvgIpc) is 2.61. The lowest BCUT2D eigenvalue weighted by Gasteiger charge is -2.13. The lowest BCUT2D eigenvalue weighted by Crippen LogP contribution is -2.28. The Morgan fingerprint density at radius 2 is 2.04 bits per heavy atom. The molecule has 0 bridgehead atoms. The third-order valence-electron chi connectivity index (χ3n) is 3.16. The maximum atomic E-state index is 6.00. The summed E-state index contributed by atoms with van der Waals surface area (Å²) in [5, 5.41) is 7.97. The van der Waals surface area contributed by atoms with Crippen molar-refractivity contribution < 1.29 is 9.47 Å². The highest BCUT2D eigenvalue weighted by Gasteiger charge is 2.07. The summed E-state index contributed by atoms with van der Waals surface area (Å²) in [6.07, 6.45) is 1.66. The second-order valence-corrected chi connectivity index (χ2v) is 5.85. The van der Waals surface area contributed by atoms with Gasteiger partial charge in [-0.25, -0.2) is 0 Å². The molecule has 7 heteroatoms. The van der Waals surface area contributed by atoms with Crippen molar-refractivity contribution in [3.8, 4) is 11.5 Å². The van der Waals surface area contributed by atoms with Crippen molar-refractivity contribution in [3.05, 3.63) is 58.6 Å². The highest BCUT2D eigenvalue weighted by molar-refractivity contribution is 7.80. The van der Waals surface area contributed by atoms with Crippen LogP contribution in [0.25, 0.3) is 0 Å². The van der Waals surface area contributed by atoms with Gasteiger partial charge in [-0.3, -0.25) is 5.43 Å². The Hall–Kier alpha value is -2.31. The Balaban J connectivity index is 2.08. The molecule has 0 spiro atoms. The minimum Gasteiger partial charge on any atom is -0.490 e. The molecule has 2 rings (SSSR count). The number of rotatable bonds is 7. The number of hydrogen-bond acceptors (Lipinski definition) is 4. The normalized spacial score (nSPS) is 10.5. The van der Waals surface area contributed by atoms with E-state index in [9.17, 15) is 0 Å². The molecule has 0 atom stereocenters. The van der Waals surface area contributed by atoms with Crippen molar-refractivity contribution in [2.75, 3.05) is 13.7 Å². The van der Waals surface area contributed by atoms with Crippen LogP contribution < -0.4 is 20.2 Å². The number of hydrazone groups is 1. The van der Waals surface area contributed by atoms with Crippen molar-refractivity contribution >= 4 is 35.1 Å². The zero-order chi connectivity index (χ0) is 18.1. The molecule has 0 fully saturated rings. The maximum Gasteiger partial charge on any atom is 0.186 e. The van der Waals surface area contributed by atoms with E-state index in [-0.39, 0.29) is 0 Å². The van der Waals surface area contributed by atoms with E-state index in [0.717, 1.165) is 11.1 Å². The number of nitrogens with one attached hydrogen (secondary N) is 2. The number of benzene rings is 2. The monoisotopic (exact) mass is 377 g/mol. The molecule has 0 aliphatic rings. The summed E-state index contributed by atoms with van der Waals surface area (Å²) in [5.41, 5.74) is 4.56. The van der Waals surface area contributed by atoms with Crippen LogP contribution in [-0.2, 0) is 6.61 Å². The number of thiocarbonyl (C=S) groups is 1. The fourth-order valence-corrected chi connectivity index (χ4v) is 2.27. The average molecular weight is 378 g/mol. The van der Waals surface area contributed by atoms with Gasteiger partial charge in [-0.1, -0.05) is 23.7 Å². The van der Waals surface area contributed by atoms with Crippen LogP contribution in [0.15, 0.2) is 47.6 Å². The van der Waals surface area contributed by atoms with E-state index in [1.807, 2.05) is 49.4 Å². The number of hydrogen-bond donors (Lipinski definition) is 2.